The van der Waals surface area contributed by atoms with E-state index < -0.39 is 5.97 Å². The first-order chi connectivity index (χ1) is 10.3. The van der Waals surface area contributed by atoms with Gasteiger partial charge in [0.2, 0.25) is 0 Å². The van der Waals surface area contributed by atoms with E-state index in [-0.39, 0.29) is 5.92 Å². The van der Waals surface area contributed by atoms with Gasteiger partial charge >= 0.3 is 5.97 Å². The number of carbonyl (C=O) groups is 1. The lowest BCUT2D eigenvalue weighted by Gasteiger charge is -2.33. The fourth-order valence-corrected chi connectivity index (χ4v) is 3.49. The highest BCUT2D eigenvalue weighted by Gasteiger charge is 2.35. The fourth-order valence-electron chi connectivity index (χ4n) is 3.49. The molecule has 1 aliphatic rings. The molecule has 1 fully saturated rings. The molecule has 1 rings (SSSR count). The third-order valence-corrected chi connectivity index (χ3v) is 5.16. The summed E-state index contributed by atoms with van der Waals surface area (Å²) >= 11 is 0. The second kappa shape index (κ2) is 12.1. The highest BCUT2D eigenvalue weighted by molar-refractivity contribution is 5.71. The molecule has 1 saturated carbocycles. The Kier molecular flexibility index (Phi) is 10.6. The van der Waals surface area contributed by atoms with E-state index in [9.17, 15) is 4.79 Å². The van der Waals surface area contributed by atoms with Crippen LogP contribution in [0.15, 0.2) is 0 Å². The van der Waals surface area contributed by atoms with E-state index in [1.807, 2.05) is 0 Å². The number of aliphatic carboxylic acids is 1. The molecule has 0 heterocycles. The van der Waals surface area contributed by atoms with Crippen molar-refractivity contribution in [3.05, 3.63) is 0 Å². The van der Waals surface area contributed by atoms with Crippen molar-refractivity contribution in [2.45, 2.75) is 103 Å². The van der Waals surface area contributed by atoms with Crippen LogP contribution in [0.2, 0.25) is 0 Å². The van der Waals surface area contributed by atoms with Gasteiger partial charge < -0.3 is 5.11 Å². The van der Waals surface area contributed by atoms with Crippen LogP contribution in [0.4, 0.5) is 0 Å². The number of hydrogen-bond acceptors (Lipinski definition) is 1. The number of carboxylic acids is 1. The van der Waals surface area contributed by atoms with Crippen LogP contribution in [0.25, 0.3) is 0 Å². The Morgan fingerprint density at radius 3 is 1.67 bits per heavy atom. The molecule has 0 amide bonds. The summed E-state index contributed by atoms with van der Waals surface area (Å²) < 4.78 is 0. The number of hydrogen-bond donors (Lipinski definition) is 1. The predicted molar refractivity (Wildman–Crippen MR) is 89.5 cm³/mol. The maximum atomic E-state index is 10.9. The molecule has 2 heteroatoms. The second-order valence-electron chi connectivity index (χ2n) is 6.96. The van der Waals surface area contributed by atoms with Gasteiger partial charge in [0.15, 0.2) is 0 Å². The van der Waals surface area contributed by atoms with Crippen molar-refractivity contribution in [1.29, 1.82) is 0 Å². The van der Waals surface area contributed by atoms with Crippen LogP contribution in [0.3, 0.4) is 0 Å². The van der Waals surface area contributed by atoms with Gasteiger partial charge in [-0.15, -0.1) is 0 Å². The summed E-state index contributed by atoms with van der Waals surface area (Å²) in [7, 11) is 0. The third kappa shape index (κ3) is 8.48. The highest BCUT2D eigenvalue weighted by atomic mass is 16.4. The second-order valence-corrected chi connectivity index (χ2v) is 6.96. The van der Waals surface area contributed by atoms with E-state index in [4.69, 9.17) is 5.11 Å². The van der Waals surface area contributed by atoms with Gasteiger partial charge in [-0.25, -0.2) is 0 Å². The minimum atomic E-state index is -0.565. The molecule has 0 aromatic rings. The normalized spacial score (nSPS) is 21.2. The first-order valence-electron chi connectivity index (χ1n) is 9.48. The lowest BCUT2D eigenvalue weighted by molar-refractivity contribution is -0.147. The van der Waals surface area contributed by atoms with Gasteiger partial charge in [-0.1, -0.05) is 84.0 Å². The molecule has 0 aliphatic heterocycles. The van der Waals surface area contributed by atoms with Crippen molar-refractivity contribution in [3.63, 3.8) is 0 Å². The first-order valence-corrected chi connectivity index (χ1v) is 9.48. The lowest BCUT2D eigenvalue weighted by atomic mass is 9.71. The summed E-state index contributed by atoms with van der Waals surface area (Å²) in [5.41, 5.74) is 0. The Morgan fingerprint density at radius 2 is 1.29 bits per heavy atom. The minimum Gasteiger partial charge on any atom is -0.481 e. The maximum absolute atomic E-state index is 10.9. The molecule has 2 unspecified atom stereocenters. The van der Waals surface area contributed by atoms with Gasteiger partial charge in [0.1, 0.15) is 0 Å². The molecule has 0 bridgehead atoms. The van der Waals surface area contributed by atoms with Gasteiger partial charge in [0, 0.05) is 0 Å². The van der Waals surface area contributed by atoms with Gasteiger partial charge in [0.05, 0.1) is 5.92 Å². The van der Waals surface area contributed by atoms with Crippen molar-refractivity contribution < 1.29 is 9.90 Å². The summed E-state index contributed by atoms with van der Waals surface area (Å²) in [6.07, 6.45) is 19.7. The SMILES string of the molecule is CCCCCCCCCCCCCCC1CCC1C(=O)O. The Hall–Kier alpha value is -0.530. The van der Waals surface area contributed by atoms with E-state index in [1.54, 1.807) is 0 Å². The zero-order valence-electron chi connectivity index (χ0n) is 14.1. The molecule has 0 spiro atoms. The summed E-state index contributed by atoms with van der Waals surface area (Å²) in [6.45, 7) is 2.27. The Balaban J connectivity index is 1.76. The van der Waals surface area contributed by atoms with Crippen molar-refractivity contribution in [1.82, 2.24) is 0 Å². The molecule has 21 heavy (non-hydrogen) atoms. The zero-order valence-corrected chi connectivity index (χ0v) is 14.1. The lowest BCUT2D eigenvalue weighted by Crippen LogP contribution is -2.32. The van der Waals surface area contributed by atoms with E-state index >= 15 is 0 Å². The molecular weight excluding hydrogens is 260 g/mol. The smallest absolute Gasteiger partial charge is 0.306 e. The predicted octanol–water partition coefficient (Wildman–Crippen LogP) is 6.19. The van der Waals surface area contributed by atoms with Gasteiger partial charge in [-0.05, 0) is 25.2 Å². The highest BCUT2D eigenvalue weighted by Crippen LogP contribution is 2.38. The molecule has 0 radical (unpaired) electrons. The van der Waals surface area contributed by atoms with Crippen molar-refractivity contribution in [3.8, 4) is 0 Å². The average Bonchev–Trinajstić information content (AvgIpc) is 2.42. The molecule has 0 aromatic carbocycles. The van der Waals surface area contributed by atoms with Crippen LogP contribution in [0.5, 0.6) is 0 Å². The first kappa shape index (κ1) is 18.5. The molecule has 124 valence electrons. The Labute approximate surface area is 131 Å². The van der Waals surface area contributed by atoms with Crippen LogP contribution >= 0.6 is 0 Å². The summed E-state index contributed by atoms with van der Waals surface area (Å²) in [5, 5.41) is 8.99. The largest absolute Gasteiger partial charge is 0.481 e. The van der Waals surface area contributed by atoms with Crippen LogP contribution in [-0.4, -0.2) is 11.1 Å². The van der Waals surface area contributed by atoms with Crippen LogP contribution in [0, 0.1) is 11.8 Å². The molecule has 1 N–H and O–H groups in total. The van der Waals surface area contributed by atoms with E-state index in [0.29, 0.717) is 5.92 Å². The van der Waals surface area contributed by atoms with Crippen molar-refractivity contribution in [2.75, 3.05) is 0 Å². The Morgan fingerprint density at radius 1 is 0.810 bits per heavy atom. The number of carboxylic acid groups (broad SMARTS) is 1. The fraction of sp³-hybridized carbons (Fsp3) is 0.947. The number of rotatable bonds is 14. The monoisotopic (exact) mass is 296 g/mol. The van der Waals surface area contributed by atoms with E-state index in [1.165, 1.54) is 77.0 Å². The molecule has 0 aromatic heterocycles. The average molecular weight is 296 g/mol. The van der Waals surface area contributed by atoms with Gasteiger partial charge in [-0.2, -0.15) is 0 Å². The van der Waals surface area contributed by atoms with Crippen molar-refractivity contribution >= 4 is 5.97 Å². The Bertz CT molecular complexity index is 262. The number of unbranched alkanes of at least 4 members (excludes halogenated alkanes) is 11. The summed E-state index contributed by atoms with van der Waals surface area (Å²) in [5.74, 6) is -0.0893. The maximum Gasteiger partial charge on any atom is 0.306 e. The molecule has 0 saturated heterocycles. The van der Waals surface area contributed by atoms with Crippen LogP contribution in [-0.2, 0) is 4.79 Å². The van der Waals surface area contributed by atoms with Crippen LogP contribution in [0.1, 0.15) is 103 Å². The minimum absolute atomic E-state index is 0.0160. The molecule has 2 nitrogen and oxygen atoms in total. The molecule has 1 aliphatic carbocycles. The van der Waals surface area contributed by atoms with Crippen molar-refractivity contribution in [2.24, 2.45) is 11.8 Å². The van der Waals surface area contributed by atoms with Crippen LogP contribution < -0.4 is 0 Å². The van der Waals surface area contributed by atoms with E-state index in [2.05, 4.69) is 6.92 Å². The summed E-state index contributed by atoms with van der Waals surface area (Å²) in [4.78, 5) is 10.9. The standard InChI is InChI=1S/C19H36O2/c1-2-3-4-5-6-7-8-9-10-11-12-13-14-17-15-16-18(17)19(20)21/h17-18H,2-16H2,1H3,(H,20,21). The third-order valence-electron chi connectivity index (χ3n) is 5.16. The summed E-state index contributed by atoms with van der Waals surface area (Å²) in [6, 6.07) is 0. The van der Waals surface area contributed by atoms with Gasteiger partial charge in [0.25, 0.3) is 0 Å². The van der Waals surface area contributed by atoms with Gasteiger partial charge in [-0.3, -0.25) is 4.79 Å². The quantitative estimate of drug-likeness (QED) is 0.388. The molecular formula is C19H36O2. The molecule has 2 atom stereocenters. The van der Waals surface area contributed by atoms with E-state index in [0.717, 1.165) is 19.3 Å². The topological polar surface area (TPSA) is 37.3 Å². The zero-order chi connectivity index (χ0) is 15.3.